The van der Waals surface area contributed by atoms with E-state index in [-0.39, 0.29) is 6.09 Å². The van der Waals surface area contributed by atoms with E-state index in [1.807, 2.05) is 11.5 Å². The van der Waals surface area contributed by atoms with Gasteiger partial charge in [0.2, 0.25) is 0 Å². The fraction of sp³-hybridized carbons (Fsp3) is 0.889. The molecule has 0 radical (unpaired) electrons. The normalized spacial score (nSPS) is 11.2. The molecule has 13 heavy (non-hydrogen) atoms. The fourth-order valence-corrected chi connectivity index (χ4v) is 2.63. The minimum absolute atomic E-state index is 0.150. The minimum atomic E-state index is -1.55. The van der Waals surface area contributed by atoms with Crippen LogP contribution in [0.15, 0.2) is 0 Å². The largest absolute Gasteiger partial charge is 0.450 e. The summed E-state index contributed by atoms with van der Waals surface area (Å²) in [6.07, 6.45) is 0.840. The van der Waals surface area contributed by atoms with Crippen molar-refractivity contribution in [3.63, 3.8) is 0 Å². The lowest BCUT2D eigenvalue weighted by atomic mass is 10.5. The van der Waals surface area contributed by atoms with Crippen molar-refractivity contribution in [3.05, 3.63) is 0 Å². The molecule has 4 heteroatoms. The number of carbonyl (C=O) groups is 1. The molecule has 0 aromatic carbocycles. The summed E-state index contributed by atoms with van der Waals surface area (Å²) in [6.45, 7) is 11.6. The number of hydrogen-bond acceptors (Lipinski definition) is 2. The fourth-order valence-electron chi connectivity index (χ4n) is 1.13. The van der Waals surface area contributed by atoms with Crippen LogP contribution < -0.4 is 0 Å². The summed E-state index contributed by atoms with van der Waals surface area (Å²) in [6, 6.07) is 0. The van der Waals surface area contributed by atoms with Gasteiger partial charge in [-0.15, -0.1) is 0 Å². The summed E-state index contributed by atoms with van der Waals surface area (Å²) in [5, 5.41) is 0. The number of hydrogen-bond donors (Lipinski definition) is 0. The summed E-state index contributed by atoms with van der Waals surface area (Å²) < 4.78 is 6.90. The average molecular weight is 203 g/mol. The van der Waals surface area contributed by atoms with Crippen LogP contribution in [0.4, 0.5) is 4.79 Å². The molecule has 0 aliphatic rings. The highest BCUT2D eigenvalue weighted by Crippen LogP contribution is 2.11. The van der Waals surface area contributed by atoms with Crippen molar-refractivity contribution in [2.24, 2.45) is 0 Å². The van der Waals surface area contributed by atoms with Crippen molar-refractivity contribution in [2.75, 3.05) is 13.2 Å². The SMILES string of the molecule is CCCN(C(=O)OCC)[Si](C)(C)C. The van der Waals surface area contributed by atoms with Gasteiger partial charge in [-0.2, -0.15) is 0 Å². The Morgan fingerprint density at radius 2 is 1.85 bits per heavy atom. The van der Waals surface area contributed by atoms with Gasteiger partial charge in [0, 0.05) is 6.54 Å². The predicted molar refractivity (Wildman–Crippen MR) is 57.4 cm³/mol. The van der Waals surface area contributed by atoms with E-state index in [4.69, 9.17) is 4.74 Å². The van der Waals surface area contributed by atoms with E-state index in [2.05, 4.69) is 26.6 Å². The van der Waals surface area contributed by atoms with Crippen LogP contribution in [0, 0.1) is 0 Å². The first-order chi connectivity index (χ1) is 5.93. The van der Waals surface area contributed by atoms with Gasteiger partial charge in [-0.1, -0.05) is 26.6 Å². The number of nitrogens with zero attached hydrogens (tertiary/aromatic N) is 1. The number of carbonyl (C=O) groups excluding carboxylic acids is 1. The van der Waals surface area contributed by atoms with Gasteiger partial charge in [0.05, 0.1) is 6.61 Å². The number of ether oxygens (including phenoxy) is 1. The van der Waals surface area contributed by atoms with Gasteiger partial charge in [0.25, 0.3) is 0 Å². The zero-order chi connectivity index (χ0) is 10.5. The highest BCUT2D eigenvalue weighted by atomic mass is 28.3. The van der Waals surface area contributed by atoms with Gasteiger partial charge in [-0.05, 0) is 13.3 Å². The highest BCUT2D eigenvalue weighted by Gasteiger charge is 2.28. The molecule has 0 N–H and O–H groups in total. The molecule has 1 amide bonds. The molecule has 0 bridgehead atoms. The third-order valence-corrected chi connectivity index (χ3v) is 3.77. The lowest BCUT2D eigenvalue weighted by Gasteiger charge is -2.32. The Bertz CT molecular complexity index is 165. The van der Waals surface area contributed by atoms with Gasteiger partial charge in [-0.3, -0.25) is 0 Å². The maximum atomic E-state index is 11.5. The molecule has 0 rings (SSSR count). The van der Waals surface area contributed by atoms with Gasteiger partial charge in [0.1, 0.15) is 0 Å². The molecule has 0 aliphatic carbocycles. The Balaban J connectivity index is 4.33. The third-order valence-electron chi connectivity index (χ3n) is 1.75. The predicted octanol–water partition coefficient (Wildman–Crippen LogP) is 2.69. The lowest BCUT2D eigenvalue weighted by Crippen LogP contribution is -2.50. The Morgan fingerprint density at radius 1 is 1.31 bits per heavy atom. The minimum Gasteiger partial charge on any atom is -0.450 e. The second kappa shape index (κ2) is 5.27. The van der Waals surface area contributed by atoms with Crippen LogP contribution in [-0.2, 0) is 4.74 Å². The maximum Gasteiger partial charge on any atom is 0.401 e. The van der Waals surface area contributed by atoms with Gasteiger partial charge in [0.15, 0.2) is 8.24 Å². The summed E-state index contributed by atoms with van der Waals surface area (Å²) in [7, 11) is -1.55. The van der Waals surface area contributed by atoms with E-state index in [0.717, 1.165) is 13.0 Å². The van der Waals surface area contributed by atoms with Crippen LogP contribution in [0.3, 0.4) is 0 Å². The topological polar surface area (TPSA) is 29.5 Å². The molecule has 0 aromatic rings. The summed E-state index contributed by atoms with van der Waals surface area (Å²) >= 11 is 0. The van der Waals surface area contributed by atoms with E-state index >= 15 is 0 Å². The third kappa shape index (κ3) is 4.31. The highest BCUT2D eigenvalue weighted by molar-refractivity contribution is 6.75. The first-order valence-corrected chi connectivity index (χ1v) is 8.32. The second-order valence-electron chi connectivity index (χ2n) is 4.02. The van der Waals surface area contributed by atoms with Crippen molar-refractivity contribution < 1.29 is 9.53 Å². The average Bonchev–Trinajstić information content (AvgIpc) is 1.98. The number of rotatable bonds is 4. The van der Waals surface area contributed by atoms with Crippen molar-refractivity contribution in [1.29, 1.82) is 0 Å². The molecule has 0 saturated carbocycles. The zero-order valence-electron chi connectivity index (χ0n) is 9.39. The molecule has 0 heterocycles. The van der Waals surface area contributed by atoms with Gasteiger partial charge in [-0.25, -0.2) is 4.79 Å². The van der Waals surface area contributed by atoms with E-state index < -0.39 is 8.24 Å². The molecule has 0 aliphatic heterocycles. The van der Waals surface area contributed by atoms with Crippen LogP contribution in [0.2, 0.25) is 19.6 Å². The monoisotopic (exact) mass is 203 g/mol. The molecular weight excluding hydrogens is 182 g/mol. The molecule has 0 aromatic heterocycles. The van der Waals surface area contributed by atoms with Crippen LogP contribution in [-0.4, -0.2) is 32.0 Å². The molecule has 3 nitrogen and oxygen atoms in total. The van der Waals surface area contributed by atoms with Crippen LogP contribution in [0.5, 0.6) is 0 Å². The summed E-state index contributed by atoms with van der Waals surface area (Å²) in [5.74, 6) is 0. The standard InChI is InChI=1S/C9H21NO2Si/c1-6-8-10(13(3,4)5)9(11)12-7-2/h6-8H2,1-5H3. The molecule has 0 unspecified atom stereocenters. The quantitative estimate of drug-likeness (QED) is 0.657. The Labute approximate surface area is 82.2 Å². The Hall–Kier alpha value is -0.513. The van der Waals surface area contributed by atoms with E-state index in [1.165, 1.54) is 0 Å². The second-order valence-corrected chi connectivity index (χ2v) is 8.90. The molecule has 78 valence electrons. The van der Waals surface area contributed by atoms with Crippen molar-refractivity contribution in [1.82, 2.24) is 4.57 Å². The van der Waals surface area contributed by atoms with Gasteiger partial charge >= 0.3 is 6.09 Å². The van der Waals surface area contributed by atoms with Crippen LogP contribution in [0.1, 0.15) is 20.3 Å². The Kier molecular flexibility index (Phi) is 5.06. The molecule has 0 fully saturated rings. The first kappa shape index (κ1) is 12.5. The maximum absolute atomic E-state index is 11.5. The molecular formula is C9H21NO2Si. The van der Waals surface area contributed by atoms with E-state index in [9.17, 15) is 4.79 Å². The summed E-state index contributed by atoms with van der Waals surface area (Å²) in [4.78, 5) is 11.5. The molecule has 0 atom stereocenters. The van der Waals surface area contributed by atoms with Crippen molar-refractivity contribution >= 4 is 14.3 Å². The summed E-state index contributed by atoms with van der Waals surface area (Å²) in [5.41, 5.74) is 0. The van der Waals surface area contributed by atoms with Crippen LogP contribution >= 0.6 is 0 Å². The first-order valence-electron chi connectivity index (χ1n) is 4.87. The van der Waals surface area contributed by atoms with Gasteiger partial charge < -0.3 is 9.30 Å². The molecule has 0 spiro atoms. The Morgan fingerprint density at radius 3 is 2.15 bits per heavy atom. The zero-order valence-corrected chi connectivity index (χ0v) is 10.4. The van der Waals surface area contributed by atoms with E-state index in [0.29, 0.717) is 6.61 Å². The van der Waals surface area contributed by atoms with Crippen LogP contribution in [0.25, 0.3) is 0 Å². The van der Waals surface area contributed by atoms with Crippen molar-refractivity contribution in [2.45, 2.75) is 39.9 Å². The number of amides is 1. The lowest BCUT2D eigenvalue weighted by molar-refractivity contribution is 0.128. The molecule has 0 saturated heterocycles. The smallest absolute Gasteiger partial charge is 0.401 e. The van der Waals surface area contributed by atoms with Crippen molar-refractivity contribution in [3.8, 4) is 0 Å². The van der Waals surface area contributed by atoms with E-state index in [1.54, 1.807) is 0 Å².